The molecule has 1 aliphatic carbocycles. The van der Waals surface area contributed by atoms with E-state index in [2.05, 4.69) is 15.3 Å². The first kappa shape index (κ1) is 16.3. The maximum atomic E-state index is 9.63. The van der Waals surface area contributed by atoms with Crippen molar-refractivity contribution < 1.29 is 14.6 Å². The molecule has 0 spiro atoms. The molecule has 0 bridgehead atoms. The van der Waals surface area contributed by atoms with Gasteiger partial charge >= 0.3 is 0 Å². The summed E-state index contributed by atoms with van der Waals surface area (Å²) in [7, 11) is 1.59. The molecule has 128 valence electrons. The van der Waals surface area contributed by atoms with Crippen LogP contribution in [0.25, 0.3) is 0 Å². The van der Waals surface area contributed by atoms with E-state index in [1.807, 2.05) is 24.3 Å². The highest BCUT2D eigenvalue weighted by Gasteiger charge is 2.21. The standard InChI is InChI=1S/C17H22N4O3/c1-23-13-4-2-3-5-14(13)24-15-10-19-17(18)21-16(15)20-11-6-8-12(22)9-7-11/h2-5,10-12,22H,6-9H2,1H3,(H3,18,19,20,21)/t11-,12-. The molecule has 1 fully saturated rings. The minimum atomic E-state index is -0.206. The van der Waals surface area contributed by atoms with Crippen molar-refractivity contribution in [1.29, 1.82) is 0 Å². The number of hydrogen-bond donors (Lipinski definition) is 3. The van der Waals surface area contributed by atoms with Gasteiger partial charge in [-0.05, 0) is 37.8 Å². The first-order valence-electron chi connectivity index (χ1n) is 8.03. The lowest BCUT2D eigenvalue weighted by molar-refractivity contribution is 0.126. The summed E-state index contributed by atoms with van der Waals surface area (Å²) >= 11 is 0. The molecule has 7 heteroatoms. The van der Waals surface area contributed by atoms with E-state index in [-0.39, 0.29) is 18.1 Å². The fourth-order valence-electron chi connectivity index (χ4n) is 2.80. The summed E-state index contributed by atoms with van der Waals surface area (Å²) in [4.78, 5) is 8.28. The number of aliphatic hydroxyl groups is 1. The van der Waals surface area contributed by atoms with Gasteiger partial charge in [0.1, 0.15) is 0 Å². The van der Waals surface area contributed by atoms with E-state index in [9.17, 15) is 5.11 Å². The van der Waals surface area contributed by atoms with Gasteiger partial charge in [0.2, 0.25) is 5.95 Å². The van der Waals surface area contributed by atoms with Gasteiger partial charge in [0.15, 0.2) is 23.1 Å². The Morgan fingerprint density at radius 2 is 1.83 bits per heavy atom. The van der Waals surface area contributed by atoms with Crippen LogP contribution in [0.1, 0.15) is 25.7 Å². The van der Waals surface area contributed by atoms with Crippen molar-refractivity contribution in [3.63, 3.8) is 0 Å². The van der Waals surface area contributed by atoms with Gasteiger partial charge in [-0.1, -0.05) is 12.1 Å². The van der Waals surface area contributed by atoms with E-state index in [1.165, 1.54) is 0 Å². The summed E-state index contributed by atoms with van der Waals surface area (Å²) < 4.78 is 11.2. The maximum Gasteiger partial charge on any atom is 0.222 e. The number of aliphatic hydroxyl groups excluding tert-OH is 1. The van der Waals surface area contributed by atoms with Crippen LogP contribution < -0.4 is 20.5 Å². The highest BCUT2D eigenvalue weighted by Crippen LogP contribution is 2.35. The van der Waals surface area contributed by atoms with Crippen LogP contribution >= 0.6 is 0 Å². The largest absolute Gasteiger partial charge is 0.493 e. The van der Waals surface area contributed by atoms with Crippen LogP contribution in [0.2, 0.25) is 0 Å². The van der Waals surface area contributed by atoms with Gasteiger partial charge in [-0.2, -0.15) is 4.98 Å². The molecular weight excluding hydrogens is 308 g/mol. The molecule has 1 saturated carbocycles. The van der Waals surface area contributed by atoms with Crippen LogP contribution in [-0.4, -0.2) is 34.3 Å². The Morgan fingerprint density at radius 3 is 2.54 bits per heavy atom. The van der Waals surface area contributed by atoms with Crippen molar-refractivity contribution in [2.24, 2.45) is 0 Å². The zero-order chi connectivity index (χ0) is 16.9. The smallest absolute Gasteiger partial charge is 0.222 e. The quantitative estimate of drug-likeness (QED) is 0.774. The second-order valence-corrected chi connectivity index (χ2v) is 5.84. The monoisotopic (exact) mass is 330 g/mol. The normalized spacial score (nSPS) is 20.4. The van der Waals surface area contributed by atoms with Gasteiger partial charge < -0.3 is 25.6 Å². The summed E-state index contributed by atoms with van der Waals surface area (Å²) in [6.07, 6.45) is 4.65. The van der Waals surface area contributed by atoms with Gasteiger partial charge in [0.05, 0.1) is 19.4 Å². The Kier molecular flexibility index (Phi) is 5.00. The molecule has 1 heterocycles. The zero-order valence-corrected chi connectivity index (χ0v) is 13.6. The molecule has 4 N–H and O–H groups in total. The molecule has 1 aromatic heterocycles. The number of nitrogen functional groups attached to an aromatic ring is 1. The lowest BCUT2D eigenvalue weighted by Crippen LogP contribution is -2.28. The van der Waals surface area contributed by atoms with E-state index in [0.717, 1.165) is 25.7 Å². The fraction of sp³-hybridized carbons (Fsp3) is 0.412. The van der Waals surface area contributed by atoms with E-state index >= 15 is 0 Å². The summed E-state index contributed by atoms with van der Waals surface area (Å²) in [6.45, 7) is 0. The predicted molar refractivity (Wildman–Crippen MR) is 91.4 cm³/mol. The van der Waals surface area contributed by atoms with Crippen molar-refractivity contribution in [2.75, 3.05) is 18.2 Å². The van der Waals surface area contributed by atoms with E-state index in [1.54, 1.807) is 13.3 Å². The number of nitrogens with two attached hydrogens (primary N) is 1. The van der Waals surface area contributed by atoms with Gasteiger partial charge in [0.25, 0.3) is 0 Å². The van der Waals surface area contributed by atoms with Gasteiger partial charge in [-0.15, -0.1) is 0 Å². The lowest BCUT2D eigenvalue weighted by atomic mass is 9.93. The van der Waals surface area contributed by atoms with Crippen molar-refractivity contribution in [3.8, 4) is 17.2 Å². The molecule has 0 radical (unpaired) electrons. The number of aromatic nitrogens is 2. The van der Waals surface area contributed by atoms with Crippen LogP contribution in [-0.2, 0) is 0 Å². The van der Waals surface area contributed by atoms with E-state index in [4.69, 9.17) is 15.2 Å². The first-order chi connectivity index (χ1) is 11.7. The predicted octanol–water partition coefficient (Wildman–Crippen LogP) is 2.58. The number of rotatable bonds is 5. The molecule has 24 heavy (non-hydrogen) atoms. The molecule has 3 rings (SSSR count). The fourth-order valence-corrected chi connectivity index (χ4v) is 2.80. The Balaban J connectivity index is 1.80. The first-order valence-corrected chi connectivity index (χ1v) is 8.03. The third kappa shape index (κ3) is 3.86. The molecule has 1 aliphatic rings. The number of para-hydroxylation sites is 2. The van der Waals surface area contributed by atoms with Crippen molar-refractivity contribution in [1.82, 2.24) is 9.97 Å². The molecule has 0 amide bonds. The third-order valence-electron chi connectivity index (χ3n) is 4.10. The van der Waals surface area contributed by atoms with Crippen LogP contribution in [0, 0.1) is 0 Å². The summed E-state index contributed by atoms with van der Waals surface area (Å²) in [5.41, 5.74) is 5.72. The molecule has 0 aliphatic heterocycles. The molecular formula is C17H22N4O3. The number of nitrogens with one attached hydrogen (secondary N) is 1. The van der Waals surface area contributed by atoms with Crippen molar-refractivity contribution in [3.05, 3.63) is 30.5 Å². The molecule has 0 unspecified atom stereocenters. The lowest BCUT2D eigenvalue weighted by Gasteiger charge is -2.27. The van der Waals surface area contributed by atoms with Gasteiger partial charge in [0, 0.05) is 6.04 Å². The second-order valence-electron chi connectivity index (χ2n) is 5.84. The number of nitrogens with zero attached hydrogens (tertiary/aromatic N) is 2. The molecule has 0 atom stereocenters. The number of hydrogen-bond acceptors (Lipinski definition) is 7. The molecule has 1 aromatic carbocycles. The second kappa shape index (κ2) is 7.35. The zero-order valence-electron chi connectivity index (χ0n) is 13.6. The van der Waals surface area contributed by atoms with Gasteiger partial charge in [-0.25, -0.2) is 4.98 Å². The Hall–Kier alpha value is -2.54. The molecule has 0 saturated heterocycles. The highest BCUT2D eigenvalue weighted by molar-refractivity contribution is 5.55. The Labute approximate surface area is 140 Å². The Bertz CT molecular complexity index is 687. The SMILES string of the molecule is COc1ccccc1Oc1cnc(N)nc1N[C@H]1CC[C@H](O)CC1. The molecule has 7 nitrogen and oxygen atoms in total. The van der Waals surface area contributed by atoms with Crippen molar-refractivity contribution >= 4 is 11.8 Å². The van der Waals surface area contributed by atoms with Crippen LogP contribution in [0.4, 0.5) is 11.8 Å². The van der Waals surface area contributed by atoms with Crippen molar-refractivity contribution in [2.45, 2.75) is 37.8 Å². The molecule has 2 aromatic rings. The minimum absolute atomic E-state index is 0.181. The highest BCUT2D eigenvalue weighted by atomic mass is 16.5. The van der Waals surface area contributed by atoms with E-state index in [0.29, 0.717) is 23.1 Å². The van der Waals surface area contributed by atoms with Gasteiger partial charge in [-0.3, -0.25) is 0 Å². The van der Waals surface area contributed by atoms with Crippen LogP contribution in [0.5, 0.6) is 17.2 Å². The Morgan fingerprint density at radius 1 is 1.12 bits per heavy atom. The van der Waals surface area contributed by atoms with Crippen LogP contribution in [0.15, 0.2) is 30.5 Å². The van der Waals surface area contributed by atoms with E-state index < -0.39 is 0 Å². The summed E-state index contributed by atoms with van der Waals surface area (Å²) in [5, 5.41) is 13.0. The minimum Gasteiger partial charge on any atom is -0.493 e. The summed E-state index contributed by atoms with van der Waals surface area (Å²) in [5.74, 6) is 2.42. The maximum absolute atomic E-state index is 9.63. The number of methoxy groups -OCH3 is 1. The average Bonchev–Trinajstić information content (AvgIpc) is 2.60. The average molecular weight is 330 g/mol. The number of benzene rings is 1. The summed E-state index contributed by atoms with van der Waals surface area (Å²) in [6, 6.07) is 7.60. The number of ether oxygens (including phenoxy) is 2. The topological polar surface area (TPSA) is 103 Å². The number of anilines is 2. The van der Waals surface area contributed by atoms with Crippen LogP contribution in [0.3, 0.4) is 0 Å². The third-order valence-corrected chi connectivity index (χ3v) is 4.10.